The predicted molar refractivity (Wildman–Crippen MR) is 120 cm³/mol. The van der Waals surface area contributed by atoms with Gasteiger partial charge in [-0.1, -0.05) is 66.7 Å². The molecule has 0 saturated carbocycles. The van der Waals surface area contributed by atoms with Crippen molar-refractivity contribution in [1.29, 1.82) is 0 Å². The summed E-state index contributed by atoms with van der Waals surface area (Å²) in [5, 5.41) is 25.3. The number of carbonyl (C=O) groups is 2. The van der Waals surface area contributed by atoms with Gasteiger partial charge in [-0.15, -0.1) is 0 Å². The Balaban J connectivity index is 1.73. The zero-order valence-corrected chi connectivity index (χ0v) is 16.6. The van der Waals surface area contributed by atoms with Crippen LogP contribution in [0.2, 0.25) is 0 Å². The van der Waals surface area contributed by atoms with Crippen LogP contribution in [0.15, 0.2) is 90.0 Å². The molecule has 0 radical (unpaired) electrons. The van der Waals surface area contributed by atoms with Crippen molar-refractivity contribution in [1.82, 2.24) is 0 Å². The molecule has 0 aromatic heterocycles. The molecule has 1 atom stereocenters. The zero-order chi connectivity index (χ0) is 21.8. The van der Waals surface area contributed by atoms with Gasteiger partial charge in [-0.2, -0.15) is 5.10 Å². The van der Waals surface area contributed by atoms with Crippen molar-refractivity contribution in [2.24, 2.45) is 5.10 Å². The lowest BCUT2D eigenvalue weighted by Crippen LogP contribution is -2.19. The summed E-state index contributed by atoms with van der Waals surface area (Å²) in [6, 6.07) is 23.9. The van der Waals surface area contributed by atoms with Crippen LogP contribution < -0.4 is 5.01 Å². The van der Waals surface area contributed by atoms with Gasteiger partial charge in [0, 0.05) is 6.42 Å². The maximum atomic E-state index is 11.6. The molecule has 31 heavy (non-hydrogen) atoms. The number of benzene rings is 3. The van der Waals surface area contributed by atoms with Crippen LogP contribution in [0, 0.1) is 0 Å². The van der Waals surface area contributed by atoms with E-state index in [0.717, 1.165) is 16.8 Å². The monoisotopic (exact) mass is 412 g/mol. The van der Waals surface area contributed by atoms with Gasteiger partial charge in [-0.05, 0) is 35.4 Å². The third-order valence-corrected chi connectivity index (χ3v) is 5.11. The molecule has 0 unspecified atom stereocenters. The Morgan fingerprint density at radius 2 is 1.48 bits per heavy atom. The molecular weight excluding hydrogens is 392 g/mol. The normalized spacial score (nSPS) is 15.8. The standard InChI is InChI=1S/C25H20N2O4/c28-24(29)21-14-13-20(16-22(21)25(30)31)27-23(18-9-5-2-6-10-18)15-19(26-27)12-11-17-7-3-1-4-8-17/h1-14,16,23H,15H2,(H,28,29)(H,30,31)/b12-11-/t23-/m1/s1. The van der Waals surface area contributed by atoms with E-state index in [0.29, 0.717) is 12.1 Å². The first-order valence-electron chi connectivity index (χ1n) is 9.78. The molecule has 6 nitrogen and oxygen atoms in total. The number of hydrogen-bond acceptors (Lipinski definition) is 4. The van der Waals surface area contributed by atoms with Gasteiger partial charge in [0.2, 0.25) is 0 Å². The van der Waals surface area contributed by atoms with Gasteiger partial charge >= 0.3 is 11.9 Å². The molecule has 1 aliphatic heterocycles. The molecule has 0 amide bonds. The van der Waals surface area contributed by atoms with Crippen molar-refractivity contribution >= 4 is 29.4 Å². The molecular formula is C25H20N2O4. The Kier molecular flexibility index (Phi) is 5.62. The average Bonchev–Trinajstić information content (AvgIpc) is 3.23. The first-order chi connectivity index (χ1) is 15.0. The third kappa shape index (κ3) is 4.38. The first-order valence-corrected chi connectivity index (χ1v) is 9.78. The molecule has 1 heterocycles. The van der Waals surface area contributed by atoms with Gasteiger partial charge in [-0.25, -0.2) is 9.59 Å². The van der Waals surface area contributed by atoms with Gasteiger partial charge < -0.3 is 10.2 Å². The summed E-state index contributed by atoms with van der Waals surface area (Å²) in [7, 11) is 0. The van der Waals surface area contributed by atoms with E-state index in [-0.39, 0.29) is 17.2 Å². The summed E-state index contributed by atoms with van der Waals surface area (Å²) in [6.07, 6.45) is 4.58. The first kappa shape index (κ1) is 20.1. The largest absolute Gasteiger partial charge is 0.478 e. The van der Waals surface area contributed by atoms with Crippen LogP contribution in [0.5, 0.6) is 0 Å². The van der Waals surface area contributed by atoms with Gasteiger partial charge in [0.25, 0.3) is 0 Å². The quantitative estimate of drug-likeness (QED) is 0.588. The van der Waals surface area contributed by atoms with Crippen molar-refractivity contribution in [2.75, 3.05) is 5.01 Å². The number of hydrogen-bond donors (Lipinski definition) is 2. The molecule has 1 aliphatic rings. The fraction of sp³-hybridized carbons (Fsp3) is 0.0800. The van der Waals surface area contributed by atoms with E-state index in [1.54, 1.807) is 11.1 Å². The average molecular weight is 412 g/mol. The molecule has 6 heteroatoms. The Morgan fingerprint density at radius 3 is 2.13 bits per heavy atom. The topological polar surface area (TPSA) is 90.2 Å². The Labute approximate surface area is 179 Å². The van der Waals surface area contributed by atoms with Gasteiger partial charge in [-0.3, -0.25) is 5.01 Å². The third-order valence-electron chi connectivity index (χ3n) is 5.11. The summed E-state index contributed by atoms with van der Waals surface area (Å²) < 4.78 is 0. The Hall–Kier alpha value is -4.19. The Morgan fingerprint density at radius 1 is 0.839 bits per heavy atom. The smallest absolute Gasteiger partial charge is 0.336 e. The summed E-state index contributed by atoms with van der Waals surface area (Å²) in [5.74, 6) is -2.57. The van der Waals surface area contributed by atoms with E-state index >= 15 is 0 Å². The summed E-state index contributed by atoms with van der Waals surface area (Å²) in [6.45, 7) is 0. The molecule has 0 bridgehead atoms. The number of rotatable bonds is 6. The van der Waals surface area contributed by atoms with Crippen LogP contribution in [-0.4, -0.2) is 27.9 Å². The molecule has 3 aromatic carbocycles. The van der Waals surface area contributed by atoms with E-state index < -0.39 is 11.9 Å². The van der Waals surface area contributed by atoms with E-state index in [1.165, 1.54) is 12.1 Å². The molecule has 0 fully saturated rings. The number of nitrogens with zero attached hydrogens (tertiary/aromatic N) is 2. The van der Waals surface area contributed by atoms with E-state index in [4.69, 9.17) is 5.10 Å². The molecule has 0 aliphatic carbocycles. The second-order valence-electron chi connectivity index (χ2n) is 7.15. The number of hydrazone groups is 1. The van der Waals surface area contributed by atoms with Gasteiger partial charge in [0.05, 0.1) is 28.6 Å². The molecule has 3 aromatic rings. The molecule has 0 saturated heterocycles. The predicted octanol–water partition coefficient (Wildman–Crippen LogP) is 5.10. The van der Waals surface area contributed by atoms with Crippen LogP contribution in [0.3, 0.4) is 0 Å². The maximum absolute atomic E-state index is 11.6. The SMILES string of the molecule is O=C(O)c1ccc(N2N=C(/C=C\c3ccccc3)C[C@@H]2c2ccccc2)cc1C(=O)O. The van der Waals surface area contributed by atoms with Crippen molar-refractivity contribution in [3.05, 3.63) is 107 Å². The minimum absolute atomic E-state index is 0.131. The lowest BCUT2D eigenvalue weighted by atomic mass is 10.00. The number of aromatic carboxylic acids is 2. The highest BCUT2D eigenvalue weighted by molar-refractivity contribution is 6.03. The summed E-state index contributed by atoms with van der Waals surface area (Å²) in [5.41, 5.74) is 2.95. The van der Waals surface area contributed by atoms with Gasteiger partial charge in [0.15, 0.2) is 0 Å². The summed E-state index contributed by atoms with van der Waals surface area (Å²) in [4.78, 5) is 23.0. The van der Waals surface area contributed by atoms with Crippen molar-refractivity contribution < 1.29 is 19.8 Å². The fourth-order valence-electron chi connectivity index (χ4n) is 3.60. The minimum Gasteiger partial charge on any atom is -0.478 e. The van der Waals surface area contributed by atoms with E-state index in [2.05, 4.69) is 0 Å². The number of anilines is 1. The van der Waals surface area contributed by atoms with Crippen molar-refractivity contribution in [2.45, 2.75) is 12.5 Å². The molecule has 2 N–H and O–H groups in total. The van der Waals surface area contributed by atoms with Crippen LogP contribution in [0.1, 0.15) is 44.3 Å². The van der Waals surface area contributed by atoms with E-state index in [1.807, 2.05) is 72.8 Å². The lowest BCUT2D eigenvalue weighted by Gasteiger charge is -2.24. The van der Waals surface area contributed by atoms with E-state index in [9.17, 15) is 19.8 Å². The second-order valence-corrected chi connectivity index (χ2v) is 7.15. The minimum atomic E-state index is -1.29. The number of allylic oxidation sites excluding steroid dienone is 1. The Bertz CT molecular complexity index is 1170. The van der Waals surface area contributed by atoms with Crippen LogP contribution in [0.4, 0.5) is 5.69 Å². The highest BCUT2D eigenvalue weighted by atomic mass is 16.4. The van der Waals surface area contributed by atoms with Crippen molar-refractivity contribution in [3.8, 4) is 0 Å². The zero-order valence-electron chi connectivity index (χ0n) is 16.6. The van der Waals surface area contributed by atoms with Crippen LogP contribution in [0.25, 0.3) is 6.08 Å². The molecule has 154 valence electrons. The highest BCUT2D eigenvalue weighted by Gasteiger charge is 2.29. The second kappa shape index (κ2) is 8.67. The maximum Gasteiger partial charge on any atom is 0.336 e. The molecule has 4 rings (SSSR count). The fourth-order valence-corrected chi connectivity index (χ4v) is 3.60. The van der Waals surface area contributed by atoms with Gasteiger partial charge in [0.1, 0.15) is 0 Å². The lowest BCUT2D eigenvalue weighted by molar-refractivity contribution is 0.0651. The highest BCUT2D eigenvalue weighted by Crippen LogP contribution is 2.36. The number of carboxylic acid groups (broad SMARTS) is 2. The molecule has 0 spiro atoms. The summed E-state index contributed by atoms with van der Waals surface area (Å²) >= 11 is 0. The van der Waals surface area contributed by atoms with Crippen LogP contribution >= 0.6 is 0 Å². The van der Waals surface area contributed by atoms with Crippen LogP contribution in [-0.2, 0) is 0 Å². The number of carboxylic acids is 2. The van der Waals surface area contributed by atoms with Crippen molar-refractivity contribution in [3.63, 3.8) is 0 Å².